The molecule has 5 nitrogen and oxygen atoms in total. The largest absolute Gasteiger partial charge is 0.493 e. The molecule has 0 bridgehead atoms. The highest BCUT2D eigenvalue weighted by Gasteiger charge is 2.10. The summed E-state index contributed by atoms with van der Waals surface area (Å²) in [5, 5.41) is 2.70. The fourth-order valence-corrected chi connectivity index (χ4v) is 3.07. The highest BCUT2D eigenvalue weighted by atomic mass is 16.5. The number of hydrogen-bond donors (Lipinski definition) is 1. The minimum Gasteiger partial charge on any atom is -0.493 e. The topological polar surface area (TPSA) is 56.1 Å². The molecule has 0 atom stereocenters. The van der Waals surface area contributed by atoms with Gasteiger partial charge in [-0.15, -0.1) is 0 Å². The van der Waals surface area contributed by atoms with Crippen molar-refractivity contribution in [1.29, 1.82) is 0 Å². The van der Waals surface area contributed by atoms with Gasteiger partial charge in [-0.25, -0.2) is 4.98 Å². The first-order chi connectivity index (χ1) is 12.2. The molecule has 0 aliphatic rings. The molecule has 3 aromatic rings. The predicted molar refractivity (Wildman–Crippen MR) is 98.7 cm³/mol. The number of nitrogens with one attached hydrogen (secondary N) is 1. The van der Waals surface area contributed by atoms with Crippen LogP contribution in [-0.4, -0.2) is 22.6 Å². The molecule has 0 saturated heterocycles. The van der Waals surface area contributed by atoms with Crippen molar-refractivity contribution in [3.05, 3.63) is 59.4 Å². The van der Waals surface area contributed by atoms with Gasteiger partial charge in [0.1, 0.15) is 11.6 Å². The number of imidazole rings is 1. The maximum atomic E-state index is 10.6. The van der Waals surface area contributed by atoms with Gasteiger partial charge in [0.05, 0.1) is 24.2 Å². The Hall–Kier alpha value is -2.82. The Labute approximate surface area is 147 Å². The fourth-order valence-electron chi connectivity index (χ4n) is 3.07. The first kappa shape index (κ1) is 17.0. The molecule has 0 fully saturated rings. The van der Waals surface area contributed by atoms with Gasteiger partial charge in [-0.05, 0) is 43.5 Å². The molecule has 5 heteroatoms. The molecule has 1 N–H and O–H groups in total. The van der Waals surface area contributed by atoms with Crippen molar-refractivity contribution in [3.63, 3.8) is 0 Å². The molecule has 3 rings (SSSR count). The van der Waals surface area contributed by atoms with E-state index in [0.29, 0.717) is 19.6 Å². The zero-order valence-corrected chi connectivity index (χ0v) is 14.7. The minimum atomic E-state index is 0.427. The fraction of sp³-hybridized carbons (Fsp3) is 0.300. The van der Waals surface area contributed by atoms with Crippen LogP contribution >= 0.6 is 0 Å². The van der Waals surface area contributed by atoms with Crippen LogP contribution in [0.3, 0.4) is 0 Å². The number of rotatable bonds is 8. The average Bonchev–Trinajstić information content (AvgIpc) is 2.96. The molecule has 0 unspecified atom stereocenters. The third kappa shape index (κ3) is 3.82. The number of nitrogens with zero attached hydrogens (tertiary/aromatic N) is 2. The highest BCUT2D eigenvalue weighted by Crippen LogP contribution is 2.22. The summed E-state index contributed by atoms with van der Waals surface area (Å²) in [5.74, 6) is 1.83. The number of ether oxygens (including phenoxy) is 1. The molecular formula is C20H23N3O2. The Morgan fingerprint density at radius 3 is 2.64 bits per heavy atom. The van der Waals surface area contributed by atoms with E-state index in [1.807, 2.05) is 24.3 Å². The van der Waals surface area contributed by atoms with Crippen molar-refractivity contribution in [3.8, 4) is 5.75 Å². The van der Waals surface area contributed by atoms with Gasteiger partial charge in [-0.2, -0.15) is 0 Å². The van der Waals surface area contributed by atoms with Gasteiger partial charge in [-0.1, -0.05) is 30.3 Å². The van der Waals surface area contributed by atoms with Crippen LogP contribution in [0.15, 0.2) is 42.5 Å². The lowest BCUT2D eigenvalue weighted by Gasteiger charge is -2.13. The normalized spacial score (nSPS) is 10.8. The average molecular weight is 337 g/mol. The predicted octanol–water partition coefficient (Wildman–Crippen LogP) is 3.37. The lowest BCUT2D eigenvalue weighted by molar-refractivity contribution is -0.109. The van der Waals surface area contributed by atoms with Crippen molar-refractivity contribution in [2.45, 2.75) is 33.4 Å². The lowest BCUT2D eigenvalue weighted by Crippen LogP contribution is -2.16. The number of aromatic nitrogens is 2. The molecule has 0 spiro atoms. The molecule has 0 aliphatic carbocycles. The van der Waals surface area contributed by atoms with E-state index in [1.165, 1.54) is 0 Å². The number of benzene rings is 2. The Morgan fingerprint density at radius 1 is 1.12 bits per heavy atom. The summed E-state index contributed by atoms with van der Waals surface area (Å²) in [7, 11) is 0. The maximum absolute atomic E-state index is 10.6. The second-order valence-electron chi connectivity index (χ2n) is 6.09. The number of carbonyl (C=O) groups excluding carboxylic acids is 1. The zero-order chi connectivity index (χ0) is 17.6. The van der Waals surface area contributed by atoms with Gasteiger partial charge in [0.15, 0.2) is 0 Å². The Balaban J connectivity index is 1.69. The van der Waals surface area contributed by atoms with Crippen molar-refractivity contribution >= 4 is 17.4 Å². The standard InChI is InChI=1S/C20H23N3O2/c1-15-7-5-8-16(2)20(15)25-12-6-11-23-18-10-4-3-9-17(18)22-19(23)13-21-14-24/h3-5,7-10,14H,6,11-13H2,1-2H3,(H,21,24). The summed E-state index contributed by atoms with van der Waals surface area (Å²) in [5.41, 5.74) is 4.34. The summed E-state index contributed by atoms with van der Waals surface area (Å²) < 4.78 is 8.15. The summed E-state index contributed by atoms with van der Waals surface area (Å²) in [6.45, 7) is 5.99. The van der Waals surface area contributed by atoms with Crippen LogP contribution < -0.4 is 10.1 Å². The number of amides is 1. The van der Waals surface area contributed by atoms with Crippen molar-refractivity contribution in [2.75, 3.05) is 6.61 Å². The molecule has 1 heterocycles. The number of fused-ring (bicyclic) bond motifs is 1. The van der Waals surface area contributed by atoms with Gasteiger partial charge < -0.3 is 14.6 Å². The van der Waals surface area contributed by atoms with Gasteiger partial charge in [0, 0.05) is 6.54 Å². The molecule has 0 aliphatic heterocycles. The summed E-state index contributed by atoms with van der Waals surface area (Å²) in [6.07, 6.45) is 1.57. The molecular weight excluding hydrogens is 314 g/mol. The molecule has 0 radical (unpaired) electrons. The summed E-state index contributed by atoms with van der Waals surface area (Å²) in [4.78, 5) is 15.2. The number of para-hydroxylation sites is 3. The van der Waals surface area contributed by atoms with Crippen molar-refractivity contribution in [2.24, 2.45) is 0 Å². The van der Waals surface area contributed by atoms with Crippen LogP contribution in [0.1, 0.15) is 23.4 Å². The zero-order valence-electron chi connectivity index (χ0n) is 14.7. The number of carbonyl (C=O) groups is 1. The quantitative estimate of drug-likeness (QED) is 0.506. The molecule has 2 aromatic carbocycles. The monoisotopic (exact) mass is 337 g/mol. The molecule has 1 aromatic heterocycles. The van der Waals surface area contributed by atoms with Gasteiger partial charge in [-0.3, -0.25) is 4.79 Å². The van der Waals surface area contributed by atoms with Crippen LogP contribution in [0.5, 0.6) is 5.75 Å². The van der Waals surface area contributed by atoms with E-state index in [2.05, 4.69) is 46.9 Å². The van der Waals surface area contributed by atoms with Crippen molar-refractivity contribution < 1.29 is 9.53 Å². The third-order valence-corrected chi connectivity index (χ3v) is 4.26. The van der Waals surface area contributed by atoms with E-state index in [1.54, 1.807) is 0 Å². The molecule has 1 amide bonds. The van der Waals surface area contributed by atoms with E-state index in [-0.39, 0.29) is 0 Å². The first-order valence-electron chi connectivity index (χ1n) is 8.51. The molecule has 25 heavy (non-hydrogen) atoms. The molecule has 0 saturated carbocycles. The minimum absolute atomic E-state index is 0.427. The van der Waals surface area contributed by atoms with Gasteiger partial charge in [0.2, 0.25) is 6.41 Å². The Morgan fingerprint density at radius 2 is 1.88 bits per heavy atom. The van der Waals surface area contributed by atoms with E-state index in [4.69, 9.17) is 4.74 Å². The van der Waals surface area contributed by atoms with E-state index in [0.717, 1.165) is 46.7 Å². The SMILES string of the molecule is Cc1cccc(C)c1OCCCn1c(CNC=O)nc2ccccc21. The van der Waals surface area contributed by atoms with Crippen LogP contribution in [-0.2, 0) is 17.9 Å². The number of hydrogen-bond acceptors (Lipinski definition) is 3. The Bertz CT molecular complexity index is 850. The second-order valence-corrected chi connectivity index (χ2v) is 6.09. The third-order valence-electron chi connectivity index (χ3n) is 4.26. The van der Waals surface area contributed by atoms with Crippen LogP contribution in [0.25, 0.3) is 11.0 Å². The second kappa shape index (κ2) is 7.83. The lowest BCUT2D eigenvalue weighted by atomic mass is 10.1. The van der Waals surface area contributed by atoms with Crippen molar-refractivity contribution in [1.82, 2.24) is 14.9 Å². The Kier molecular flexibility index (Phi) is 5.33. The van der Waals surface area contributed by atoms with Crippen LogP contribution in [0.4, 0.5) is 0 Å². The van der Waals surface area contributed by atoms with Gasteiger partial charge in [0.25, 0.3) is 0 Å². The summed E-state index contributed by atoms with van der Waals surface area (Å²) >= 11 is 0. The summed E-state index contributed by atoms with van der Waals surface area (Å²) in [6, 6.07) is 14.2. The first-order valence-corrected chi connectivity index (χ1v) is 8.51. The van der Waals surface area contributed by atoms with E-state index < -0.39 is 0 Å². The van der Waals surface area contributed by atoms with Crippen LogP contribution in [0, 0.1) is 13.8 Å². The molecule has 130 valence electrons. The van der Waals surface area contributed by atoms with Gasteiger partial charge >= 0.3 is 0 Å². The van der Waals surface area contributed by atoms with Crippen LogP contribution in [0.2, 0.25) is 0 Å². The van der Waals surface area contributed by atoms with E-state index in [9.17, 15) is 4.79 Å². The number of aryl methyl sites for hydroxylation is 3. The smallest absolute Gasteiger partial charge is 0.207 e. The maximum Gasteiger partial charge on any atom is 0.207 e. The highest BCUT2D eigenvalue weighted by molar-refractivity contribution is 5.75. The van der Waals surface area contributed by atoms with E-state index >= 15 is 0 Å².